The molecule has 5 nitrogen and oxygen atoms in total. The summed E-state index contributed by atoms with van der Waals surface area (Å²) in [5, 5.41) is 11.9. The summed E-state index contributed by atoms with van der Waals surface area (Å²) in [7, 11) is 3.42. The molecule has 0 unspecified atom stereocenters. The van der Waals surface area contributed by atoms with Gasteiger partial charge in [0.25, 0.3) is 5.91 Å². The molecular formula is C16H16N4O. The standard InChI is InChI=1S/C16H16N4O/c1-20(2)16(21)14-7-8-15(19-11-14)18-10-13-5-3-12(9-17)4-6-13/h3-8,11H,10H2,1-2H3,(H,18,19). The fraction of sp³-hybridized carbons (Fsp3) is 0.188. The van der Waals surface area contributed by atoms with Gasteiger partial charge in [-0.1, -0.05) is 12.1 Å². The van der Waals surface area contributed by atoms with Crippen molar-refractivity contribution in [3.8, 4) is 6.07 Å². The molecule has 106 valence electrons. The van der Waals surface area contributed by atoms with Crippen LogP contribution in [0.1, 0.15) is 21.5 Å². The van der Waals surface area contributed by atoms with E-state index in [0.29, 0.717) is 23.5 Å². The van der Waals surface area contributed by atoms with Crippen molar-refractivity contribution in [3.63, 3.8) is 0 Å². The summed E-state index contributed by atoms with van der Waals surface area (Å²) in [6.45, 7) is 0.611. The Morgan fingerprint density at radius 2 is 1.95 bits per heavy atom. The highest BCUT2D eigenvalue weighted by molar-refractivity contribution is 5.93. The van der Waals surface area contributed by atoms with Gasteiger partial charge in [-0.2, -0.15) is 5.26 Å². The third-order valence-electron chi connectivity index (χ3n) is 2.97. The summed E-state index contributed by atoms with van der Waals surface area (Å²) in [4.78, 5) is 17.5. The van der Waals surface area contributed by atoms with Crippen LogP contribution in [0.2, 0.25) is 0 Å². The highest BCUT2D eigenvalue weighted by Gasteiger charge is 2.07. The molecule has 1 heterocycles. The lowest BCUT2D eigenvalue weighted by Crippen LogP contribution is -2.21. The zero-order chi connectivity index (χ0) is 15.2. The first kappa shape index (κ1) is 14.5. The van der Waals surface area contributed by atoms with Gasteiger partial charge in [0, 0.05) is 26.8 Å². The zero-order valence-electron chi connectivity index (χ0n) is 12.0. The lowest BCUT2D eigenvalue weighted by molar-refractivity contribution is 0.0827. The molecule has 0 radical (unpaired) electrons. The molecule has 5 heteroatoms. The van der Waals surface area contributed by atoms with Gasteiger partial charge >= 0.3 is 0 Å². The first-order valence-electron chi connectivity index (χ1n) is 6.51. The second-order valence-corrected chi connectivity index (χ2v) is 4.79. The maximum Gasteiger partial charge on any atom is 0.254 e. The fourth-order valence-electron chi connectivity index (χ4n) is 1.77. The van der Waals surface area contributed by atoms with Crippen LogP contribution < -0.4 is 5.32 Å². The number of carbonyl (C=O) groups is 1. The van der Waals surface area contributed by atoms with Crippen molar-refractivity contribution in [2.24, 2.45) is 0 Å². The molecule has 0 aliphatic rings. The Morgan fingerprint density at radius 3 is 2.48 bits per heavy atom. The average Bonchev–Trinajstić information content (AvgIpc) is 2.53. The van der Waals surface area contributed by atoms with E-state index in [-0.39, 0.29) is 5.91 Å². The van der Waals surface area contributed by atoms with Crippen molar-refractivity contribution < 1.29 is 4.79 Å². The van der Waals surface area contributed by atoms with E-state index in [4.69, 9.17) is 5.26 Å². The average molecular weight is 280 g/mol. The summed E-state index contributed by atoms with van der Waals surface area (Å²) in [6.07, 6.45) is 1.56. The van der Waals surface area contributed by atoms with Crippen molar-refractivity contribution in [3.05, 3.63) is 59.3 Å². The Labute approximate surface area is 123 Å². The second kappa shape index (κ2) is 6.53. The van der Waals surface area contributed by atoms with E-state index < -0.39 is 0 Å². The summed E-state index contributed by atoms with van der Waals surface area (Å²) >= 11 is 0. The van der Waals surface area contributed by atoms with Crippen molar-refractivity contribution >= 4 is 11.7 Å². The molecule has 0 spiro atoms. The van der Waals surface area contributed by atoms with Gasteiger partial charge in [0.05, 0.1) is 17.2 Å². The molecule has 2 rings (SSSR count). The van der Waals surface area contributed by atoms with Gasteiger partial charge in [0.15, 0.2) is 0 Å². The minimum Gasteiger partial charge on any atom is -0.366 e. The minimum absolute atomic E-state index is 0.0684. The zero-order valence-corrected chi connectivity index (χ0v) is 12.0. The van der Waals surface area contributed by atoms with Gasteiger partial charge in [-0.3, -0.25) is 4.79 Å². The van der Waals surface area contributed by atoms with Crippen molar-refractivity contribution in [1.82, 2.24) is 9.88 Å². The number of nitriles is 1. The number of pyridine rings is 1. The minimum atomic E-state index is -0.0684. The van der Waals surface area contributed by atoms with E-state index in [0.717, 1.165) is 5.56 Å². The smallest absolute Gasteiger partial charge is 0.254 e. The molecule has 0 atom stereocenters. The van der Waals surface area contributed by atoms with Gasteiger partial charge in [0.1, 0.15) is 5.82 Å². The van der Waals surface area contributed by atoms with Gasteiger partial charge in [-0.25, -0.2) is 4.98 Å². The Balaban J connectivity index is 1.97. The quantitative estimate of drug-likeness (QED) is 0.932. The monoisotopic (exact) mass is 280 g/mol. The molecule has 1 aromatic carbocycles. The Kier molecular flexibility index (Phi) is 4.52. The van der Waals surface area contributed by atoms with Gasteiger partial charge in [-0.15, -0.1) is 0 Å². The van der Waals surface area contributed by atoms with Crippen molar-refractivity contribution in [1.29, 1.82) is 5.26 Å². The number of nitrogens with zero attached hydrogens (tertiary/aromatic N) is 3. The summed E-state index contributed by atoms with van der Waals surface area (Å²) in [6, 6.07) is 13.0. The topological polar surface area (TPSA) is 69.0 Å². The number of anilines is 1. The molecule has 2 aromatic rings. The van der Waals surface area contributed by atoms with Crippen molar-refractivity contribution in [2.75, 3.05) is 19.4 Å². The molecule has 1 amide bonds. The van der Waals surface area contributed by atoms with Gasteiger partial charge in [0.2, 0.25) is 0 Å². The number of benzene rings is 1. The molecule has 1 aromatic heterocycles. The third-order valence-corrected chi connectivity index (χ3v) is 2.97. The molecule has 0 saturated heterocycles. The van der Waals surface area contributed by atoms with Gasteiger partial charge < -0.3 is 10.2 Å². The Bertz CT molecular complexity index is 654. The molecule has 1 N–H and O–H groups in total. The number of hydrogen-bond acceptors (Lipinski definition) is 4. The fourth-order valence-corrected chi connectivity index (χ4v) is 1.77. The molecule has 0 aliphatic heterocycles. The highest BCUT2D eigenvalue weighted by Crippen LogP contribution is 2.09. The van der Waals surface area contributed by atoms with Crippen LogP contribution in [0.25, 0.3) is 0 Å². The third kappa shape index (κ3) is 3.80. The number of carbonyl (C=O) groups excluding carboxylic acids is 1. The van der Waals surface area contributed by atoms with E-state index >= 15 is 0 Å². The Hall–Kier alpha value is -2.87. The van der Waals surface area contributed by atoms with E-state index in [9.17, 15) is 4.79 Å². The number of aromatic nitrogens is 1. The van der Waals surface area contributed by atoms with Gasteiger partial charge in [-0.05, 0) is 29.8 Å². The predicted molar refractivity (Wildman–Crippen MR) is 80.7 cm³/mol. The number of hydrogen-bond donors (Lipinski definition) is 1. The molecule has 0 saturated carbocycles. The van der Waals surface area contributed by atoms with E-state index in [1.54, 1.807) is 44.6 Å². The maximum atomic E-state index is 11.7. The maximum absolute atomic E-state index is 11.7. The molecular weight excluding hydrogens is 264 g/mol. The lowest BCUT2D eigenvalue weighted by Gasteiger charge is -2.10. The molecule has 0 fully saturated rings. The molecule has 0 bridgehead atoms. The van der Waals surface area contributed by atoms with Crippen LogP contribution in [0, 0.1) is 11.3 Å². The molecule has 21 heavy (non-hydrogen) atoms. The summed E-state index contributed by atoms with van der Waals surface area (Å²) in [5.41, 5.74) is 2.26. The number of nitrogens with one attached hydrogen (secondary N) is 1. The Morgan fingerprint density at radius 1 is 1.24 bits per heavy atom. The SMILES string of the molecule is CN(C)C(=O)c1ccc(NCc2ccc(C#N)cc2)nc1. The van der Waals surface area contributed by atoms with Crippen LogP contribution in [0.15, 0.2) is 42.6 Å². The largest absolute Gasteiger partial charge is 0.366 e. The lowest BCUT2D eigenvalue weighted by atomic mass is 10.1. The van der Waals surface area contributed by atoms with Crippen LogP contribution in [-0.2, 0) is 6.54 Å². The van der Waals surface area contributed by atoms with E-state index in [1.807, 2.05) is 12.1 Å². The summed E-state index contributed by atoms with van der Waals surface area (Å²) < 4.78 is 0. The van der Waals surface area contributed by atoms with E-state index in [2.05, 4.69) is 16.4 Å². The number of amides is 1. The number of rotatable bonds is 4. The van der Waals surface area contributed by atoms with Crippen LogP contribution in [-0.4, -0.2) is 29.9 Å². The molecule has 0 aliphatic carbocycles. The van der Waals surface area contributed by atoms with Crippen LogP contribution >= 0.6 is 0 Å². The second-order valence-electron chi connectivity index (χ2n) is 4.79. The van der Waals surface area contributed by atoms with Crippen LogP contribution in [0.3, 0.4) is 0 Å². The van der Waals surface area contributed by atoms with E-state index in [1.165, 1.54) is 4.90 Å². The highest BCUT2D eigenvalue weighted by atomic mass is 16.2. The first-order chi connectivity index (χ1) is 10.1. The normalized spacial score (nSPS) is 9.76. The van der Waals surface area contributed by atoms with Crippen LogP contribution in [0.4, 0.5) is 5.82 Å². The summed E-state index contributed by atoms with van der Waals surface area (Å²) in [5.74, 6) is 0.635. The van der Waals surface area contributed by atoms with Crippen molar-refractivity contribution in [2.45, 2.75) is 6.54 Å². The van der Waals surface area contributed by atoms with Crippen LogP contribution in [0.5, 0.6) is 0 Å². The first-order valence-corrected chi connectivity index (χ1v) is 6.51. The predicted octanol–water partition coefficient (Wildman–Crippen LogP) is 2.27.